The van der Waals surface area contributed by atoms with E-state index in [4.69, 9.17) is 30.5 Å². The van der Waals surface area contributed by atoms with E-state index in [1.165, 1.54) is 14.2 Å². The van der Waals surface area contributed by atoms with Gasteiger partial charge in [0.1, 0.15) is 11.5 Å². The summed E-state index contributed by atoms with van der Waals surface area (Å²) in [5, 5.41) is 3.11. The van der Waals surface area contributed by atoms with Crippen LogP contribution in [0.25, 0.3) is 0 Å². The molecular weight excluding hydrogens is 370 g/mol. The fraction of sp³-hybridized carbons (Fsp3) is 0.350. The lowest BCUT2D eigenvalue weighted by Crippen LogP contribution is -2.13. The number of hydrogen-bond acceptors (Lipinski definition) is 5. The molecular formula is C20H24ClNO5. The van der Waals surface area contributed by atoms with Gasteiger partial charge in [0.25, 0.3) is 5.91 Å². The number of methoxy groups -OCH3 is 3. The standard InChI is InChI=1S/C20H24ClNO5/c1-12(2)11-27-19-15(21)8-13(9-18(19)26-5)20(23)22-16-7-6-14(24-3)10-17(16)25-4/h6-10,12H,11H2,1-5H3,(H,22,23). The van der Waals surface area contributed by atoms with E-state index in [0.29, 0.717) is 51.8 Å². The molecule has 2 rings (SSSR count). The Hall–Kier alpha value is -2.60. The average Bonchev–Trinajstić information content (AvgIpc) is 2.66. The molecule has 0 aromatic heterocycles. The van der Waals surface area contributed by atoms with Crippen molar-refractivity contribution in [3.8, 4) is 23.0 Å². The molecule has 1 N–H and O–H groups in total. The van der Waals surface area contributed by atoms with Gasteiger partial charge < -0.3 is 24.3 Å². The molecule has 27 heavy (non-hydrogen) atoms. The molecule has 0 saturated heterocycles. The number of hydrogen-bond donors (Lipinski definition) is 1. The van der Waals surface area contributed by atoms with Crippen molar-refractivity contribution in [1.29, 1.82) is 0 Å². The fourth-order valence-corrected chi connectivity index (χ4v) is 2.60. The van der Waals surface area contributed by atoms with E-state index in [-0.39, 0.29) is 5.91 Å². The van der Waals surface area contributed by atoms with Gasteiger partial charge in [-0.15, -0.1) is 0 Å². The van der Waals surface area contributed by atoms with E-state index >= 15 is 0 Å². The van der Waals surface area contributed by atoms with Crippen molar-refractivity contribution in [2.45, 2.75) is 13.8 Å². The van der Waals surface area contributed by atoms with Gasteiger partial charge in [-0.25, -0.2) is 0 Å². The molecule has 7 heteroatoms. The van der Waals surface area contributed by atoms with Gasteiger partial charge in [0, 0.05) is 11.6 Å². The third-order valence-electron chi connectivity index (χ3n) is 3.71. The molecule has 0 aliphatic carbocycles. The van der Waals surface area contributed by atoms with Crippen LogP contribution in [0, 0.1) is 5.92 Å². The number of carbonyl (C=O) groups excluding carboxylic acids is 1. The molecule has 2 aromatic rings. The number of carbonyl (C=O) groups is 1. The molecule has 0 atom stereocenters. The molecule has 0 bridgehead atoms. The van der Waals surface area contributed by atoms with Crippen LogP contribution >= 0.6 is 11.6 Å². The topological polar surface area (TPSA) is 66.0 Å². The molecule has 0 unspecified atom stereocenters. The largest absolute Gasteiger partial charge is 0.497 e. The molecule has 0 aliphatic rings. The normalized spacial score (nSPS) is 10.5. The van der Waals surface area contributed by atoms with Crippen molar-refractivity contribution in [3.05, 3.63) is 40.9 Å². The summed E-state index contributed by atoms with van der Waals surface area (Å²) in [6.07, 6.45) is 0. The molecule has 0 saturated carbocycles. The first-order valence-electron chi connectivity index (χ1n) is 8.43. The lowest BCUT2D eigenvalue weighted by atomic mass is 10.1. The lowest BCUT2D eigenvalue weighted by molar-refractivity contribution is 0.102. The maximum Gasteiger partial charge on any atom is 0.255 e. The zero-order chi connectivity index (χ0) is 20.0. The van der Waals surface area contributed by atoms with E-state index in [2.05, 4.69) is 5.32 Å². The minimum atomic E-state index is -0.353. The first-order valence-corrected chi connectivity index (χ1v) is 8.81. The summed E-state index contributed by atoms with van der Waals surface area (Å²) in [7, 11) is 4.58. The monoisotopic (exact) mass is 393 g/mol. The van der Waals surface area contributed by atoms with E-state index < -0.39 is 0 Å². The Morgan fingerprint density at radius 3 is 2.33 bits per heavy atom. The summed E-state index contributed by atoms with van der Waals surface area (Å²) in [6, 6.07) is 8.26. The predicted molar refractivity (Wildman–Crippen MR) is 106 cm³/mol. The summed E-state index contributed by atoms with van der Waals surface area (Å²) >= 11 is 6.32. The van der Waals surface area contributed by atoms with Crippen LogP contribution in [-0.4, -0.2) is 33.8 Å². The van der Waals surface area contributed by atoms with Crippen molar-refractivity contribution >= 4 is 23.2 Å². The van der Waals surface area contributed by atoms with Crippen molar-refractivity contribution in [2.24, 2.45) is 5.92 Å². The highest BCUT2D eigenvalue weighted by Crippen LogP contribution is 2.37. The summed E-state index contributed by atoms with van der Waals surface area (Å²) < 4.78 is 21.5. The van der Waals surface area contributed by atoms with Crippen LogP contribution in [0.2, 0.25) is 5.02 Å². The Labute approximate surface area is 164 Å². The first-order chi connectivity index (χ1) is 12.9. The summed E-state index contributed by atoms with van der Waals surface area (Å²) in [6.45, 7) is 4.56. The third kappa shape index (κ3) is 5.20. The van der Waals surface area contributed by atoms with Crippen molar-refractivity contribution in [1.82, 2.24) is 0 Å². The predicted octanol–water partition coefficient (Wildman–Crippen LogP) is 4.65. The summed E-state index contributed by atoms with van der Waals surface area (Å²) in [4.78, 5) is 12.7. The number of nitrogens with one attached hydrogen (secondary N) is 1. The Balaban J connectivity index is 2.27. The second-order valence-corrected chi connectivity index (χ2v) is 6.62. The molecule has 0 radical (unpaired) electrons. The smallest absolute Gasteiger partial charge is 0.255 e. The number of anilines is 1. The molecule has 6 nitrogen and oxygen atoms in total. The number of benzene rings is 2. The van der Waals surface area contributed by atoms with Crippen LogP contribution in [0.1, 0.15) is 24.2 Å². The SMILES string of the molecule is COc1ccc(NC(=O)c2cc(Cl)c(OCC(C)C)c(OC)c2)c(OC)c1. The molecule has 0 fully saturated rings. The lowest BCUT2D eigenvalue weighted by Gasteiger charge is -2.16. The first kappa shape index (κ1) is 20.7. The van der Waals surface area contributed by atoms with Crippen molar-refractivity contribution in [2.75, 3.05) is 33.3 Å². The zero-order valence-corrected chi connectivity index (χ0v) is 16.8. The number of ether oxygens (including phenoxy) is 4. The third-order valence-corrected chi connectivity index (χ3v) is 3.99. The molecule has 0 heterocycles. The number of amides is 1. The molecule has 1 amide bonds. The summed E-state index contributed by atoms with van der Waals surface area (Å²) in [5.41, 5.74) is 0.852. The van der Waals surface area contributed by atoms with Crippen LogP contribution in [0.5, 0.6) is 23.0 Å². The number of rotatable bonds is 8. The van der Waals surface area contributed by atoms with Gasteiger partial charge in [-0.2, -0.15) is 0 Å². The quantitative estimate of drug-likeness (QED) is 0.706. The number of halogens is 1. The van der Waals surface area contributed by atoms with Crippen LogP contribution in [-0.2, 0) is 0 Å². The maximum absolute atomic E-state index is 12.7. The van der Waals surface area contributed by atoms with Crippen LogP contribution in [0.15, 0.2) is 30.3 Å². The summed E-state index contributed by atoms with van der Waals surface area (Å²) in [5.74, 6) is 1.91. The minimum Gasteiger partial charge on any atom is -0.497 e. The fourth-order valence-electron chi connectivity index (χ4n) is 2.34. The van der Waals surface area contributed by atoms with Crippen molar-refractivity contribution < 1.29 is 23.7 Å². The second kappa shape index (κ2) is 9.37. The Kier molecular flexibility index (Phi) is 7.19. The average molecular weight is 394 g/mol. The van der Waals surface area contributed by atoms with Gasteiger partial charge in [-0.1, -0.05) is 25.4 Å². The zero-order valence-electron chi connectivity index (χ0n) is 16.1. The highest BCUT2D eigenvalue weighted by atomic mass is 35.5. The maximum atomic E-state index is 12.7. The Bertz CT molecular complexity index is 807. The Morgan fingerprint density at radius 2 is 1.74 bits per heavy atom. The molecule has 0 spiro atoms. The van der Waals surface area contributed by atoms with Gasteiger partial charge in [0.2, 0.25) is 0 Å². The van der Waals surface area contributed by atoms with Gasteiger partial charge >= 0.3 is 0 Å². The Morgan fingerprint density at radius 1 is 1.04 bits per heavy atom. The van der Waals surface area contributed by atoms with Gasteiger partial charge in [-0.05, 0) is 30.2 Å². The van der Waals surface area contributed by atoms with E-state index in [0.717, 1.165) is 0 Å². The van der Waals surface area contributed by atoms with E-state index in [9.17, 15) is 4.79 Å². The van der Waals surface area contributed by atoms with Gasteiger partial charge in [0.15, 0.2) is 11.5 Å². The molecule has 2 aromatic carbocycles. The van der Waals surface area contributed by atoms with E-state index in [1.807, 2.05) is 13.8 Å². The van der Waals surface area contributed by atoms with Gasteiger partial charge in [0.05, 0.1) is 38.6 Å². The highest BCUT2D eigenvalue weighted by Gasteiger charge is 2.17. The molecule has 0 aliphatic heterocycles. The van der Waals surface area contributed by atoms with Crippen LogP contribution in [0.4, 0.5) is 5.69 Å². The molecule has 146 valence electrons. The van der Waals surface area contributed by atoms with Gasteiger partial charge in [-0.3, -0.25) is 4.79 Å². The van der Waals surface area contributed by atoms with Crippen molar-refractivity contribution in [3.63, 3.8) is 0 Å². The minimum absolute atomic E-state index is 0.307. The van der Waals surface area contributed by atoms with E-state index in [1.54, 1.807) is 37.4 Å². The van der Waals surface area contributed by atoms with Crippen LogP contribution in [0.3, 0.4) is 0 Å². The van der Waals surface area contributed by atoms with Crippen LogP contribution < -0.4 is 24.3 Å². The second-order valence-electron chi connectivity index (χ2n) is 6.21. The highest BCUT2D eigenvalue weighted by molar-refractivity contribution is 6.32.